The molecule has 0 fully saturated rings. The van der Waals surface area contributed by atoms with Crippen LogP contribution >= 0.6 is 11.8 Å². The molecular weight excluding hydrogens is 374 g/mol. The largest absolute Gasteiger partial charge is 0.586 e. The van der Waals surface area contributed by atoms with Crippen LogP contribution in [0.4, 0.5) is 8.78 Å². The number of imidazole rings is 2. The minimum absolute atomic E-state index is 0.000193. The Balaban J connectivity index is 1.72. The minimum Gasteiger partial charge on any atom is -0.395 e. The van der Waals surface area contributed by atoms with Gasteiger partial charge in [0.2, 0.25) is 0 Å². The van der Waals surface area contributed by atoms with Crippen molar-refractivity contribution in [2.75, 3.05) is 5.75 Å². The van der Waals surface area contributed by atoms with E-state index in [-0.39, 0.29) is 11.5 Å². The molecule has 5 rings (SSSR count). The van der Waals surface area contributed by atoms with Crippen LogP contribution in [0.3, 0.4) is 0 Å². The van der Waals surface area contributed by atoms with Gasteiger partial charge in [0.25, 0.3) is 0 Å². The van der Waals surface area contributed by atoms with Crippen molar-refractivity contribution in [3.8, 4) is 23.0 Å². The number of rotatable bonds is 3. The summed E-state index contributed by atoms with van der Waals surface area (Å²) < 4.78 is 39.6. The number of thioether (sulfide) groups is 1. The number of fused-ring (bicyclic) bond motifs is 3. The van der Waals surface area contributed by atoms with Gasteiger partial charge in [-0.2, -0.15) is 0 Å². The van der Waals surface area contributed by atoms with Gasteiger partial charge in [0.15, 0.2) is 17.3 Å². The molecule has 0 bridgehead atoms. The number of ether oxygens (including phenoxy) is 2. The number of benzene rings is 1. The van der Waals surface area contributed by atoms with Crippen LogP contribution in [-0.4, -0.2) is 31.0 Å². The molecule has 0 amide bonds. The maximum Gasteiger partial charge on any atom is 0.586 e. The number of nitrogens with zero attached hydrogens (tertiary/aromatic N) is 4. The number of hydrogen-bond donors (Lipinski definition) is 0. The van der Waals surface area contributed by atoms with E-state index in [1.165, 1.54) is 12.1 Å². The van der Waals surface area contributed by atoms with Crippen LogP contribution in [0.1, 0.15) is 6.92 Å². The molecule has 1 aliphatic rings. The topological polar surface area (TPSA) is 53.6 Å². The smallest absolute Gasteiger partial charge is 0.395 e. The van der Waals surface area contributed by atoms with E-state index >= 15 is 0 Å². The van der Waals surface area contributed by atoms with Crippen LogP contribution in [0.25, 0.3) is 28.2 Å². The van der Waals surface area contributed by atoms with E-state index in [2.05, 4.69) is 21.4 Å². The zero-order valence-electron chi connectivity index (χ0n) is 14.4. The molecule has 0 saturated heterocycles. The Morgan fingerprint density at radius 3 is 2.70 bits per heavy atom. The Bertz CT molecular complexity index is 1200. The molecule has 6 nitrogen and oxygen atoms in total. The summed E-state index contributed by atoms with van der Waals surface area (Å²) in [7, 11) is 1.83. The molecule has 27 heavy (non-hydrogen) atoms. The Morgan fingerprint density at radius 2 is 1.93 bits per heavy atom. The van der Waals surface area contributed by atoms with Gasteiger partial charge in [-0.05, 0) is 17.9 Å². The summed E-state index contributed by atoms with van der Waals surface area (Å²) in [5, 5.41) is 0.984. The number of alkyl halides is 2. The molecule has 0 unspecified atom stereocenters. The van der Waals surface area contributed by atoms with Crippen LogP contribution in [0.5, 0.6) is 11.5 Å². The Kier molecular flexibility index (Phi) is 3.39. The maximum absolute atomic E-state index is 13.3. The zero-order chi connectivity index (χ0) is 18.8. The Morgan fingerprint density at radius 1 is 1.15 bits per heavy atom. The van der Waals surface area contributed by atoms with Gasteiger partial charge in [-0.25, -0.2) is 9.97 Å². The highest BCUT2D eigenvalue weighted by molar-refractivity contribution is 7.99. The highest BCUT2D eigenvalue weighted by atomic mass is 32.2. The maximum atomic E-state index is 13.3. The van der Waals surface area contributed by atoms with Crippen molar-refractivity contribution in [2.24, 2.45) is 7.05 Å². The predicted octanol–water partition coefficient (Wildman–Crippen LogP) is 4.32. The monoisotopic (exact) mass is 388 g/mol. The van der Waals surface area contributed by atoms with E-state index < -0.39 is 6.29 Å². The molecule has 4 aromatic rings. The molecule has 4 heterocycles. The first-order chi connectivity index (χ1) is 13.0. The normalized spacial score (nSPS) is 15.1. The summed E-state index contributed by atoms with van der Waals surface area (Å²) in [6, 6.07) is 8.81. The first-order valence-electron chi connectivity index (χ1n) is 8.33. The standard InChI is InChI=1S/C18H14F2N4O2S/c1-3-27-17-15(22-14-6-4-5-7-24(14)17)16-21-10-8-12-13(9-11(10)23(16)2)26-18(19,20)25-12/h4-9H,3H2,1-2H3. The molecule has 9 heteroatoms. The average molecular weight is 388 g/mol. The minimum atomic E-state index is -3.64. The third-order valence-corrected chi connectivity index (χ3v) is 5.33. The second-order valence-corrected chi connectivity index (χ2v) is 7.33. The van der Waals surface area contributed by atoms with Crippen molar-refractivity contribution in [1.82, 2.24) is 18.9 Å². The Hall–Kier alpha value is -2.81. The summed E-state index contributed by atoms with van der Waals surface area (Å²) >= 11 is 1.67. The lowest BCUT2D eigenvalue weighted by Crippen LogP contribution is -2.25. The first-order valence-corrected chi connectivity index (χ1v) is 9.32. The van der Waals surface area contributed by atoms with E-state index in [4.69, 9.17) is 4.98 Å². The molecule has 138 valence electrons. The molecule has 0 N–H and O–H groups in total. The third-order valence-electron chi connectivity index (χ3n) is 4.38. The number of pyridine rings is 1. The van der Waals surface area contributed by atoms with Crippen molar-refractivity contribution in [2.45, 2.75) is 18.2 Å². The molecule has 1 aromatic carbocycles. The number of aromatic nitrogens is 4. The molecule has 0 aliphatic carbocycles. The van der Waals surface area contributed by atoms with E-state index in [1.807, 2.05) is 40.4 Å². The summed E-state index contributed by atoms with van der Waals surface area (Å²) in [6.45, 7) is 2.07. The van der Waals surface area contributed by atoms with Gasteiger partial charge in [-0.1, -0.05) is 13.0 Å². The van der Waals surface area contributed by atoms with Crippen LogP contribution in [-0.2, 0) is 7.05 Å². The van der Waals surface area contributed by atoms with Crippen LogP contribution in [0.15, 0.2) is 41.6 Å². The molecule has 0 spiro atoms. The summed E-state index contributed by atoms with van der Waals surface area (Å²) in [4.78, 5) is 9.38. The van der Waals surface area contributed by atoms with Gasteiger partial charge < -0.3 is 14.0 Å². The fourth-order valence-electron chi connectivity index (χ4n) is 3.24. The Labute approximate surface area is 156 Å². The average Bonchev–Trinajstić information content (AvgIpc) is 3.24. The van der Waals surface area contributed by atoms with E-state index in [1.54, 1.807) is 11.8 Å². The van der Waals surface area contributed by atoms with Crippen LogP contribution < -0.4 is 9.47 Å². The van der Waals surface area contributed by atoms with Crippen molar-refractivity contribution in [1.29, 1.82) is 0 Å². The van der Waals surface area contributed by atoms with Crippen molar-refractivity contribution in [3.63, 3.8) is 0 Å². The zero-order valence-corrected chi connectivity index (χ0v) is 15.3. The van der Waals surface area contributed by atoms with Crippen molar-refractivity contribution in [3.05, 3.63) is 36.5 Å². The second-order valence-electron chi connectivity index (χ2n) is 6.08. The summed E-state index contributed by atoms with van der Waals surface area (Å²) in [5.41, 5.74) is 2.77. The summed E-state index contributed by atoms with van der Waals surface area (Å²) in [6.07, 6.45) is -1.68. The van der Waals surface area contributed by atoms with Gasteiger partial charge in [-0.15, -0.1) is 20.5 Å². The highest BCUT2D eigenvalue weighted by Crippen LogP contribution is 2.44. The lowest BCUT2D eigenvalue weighted by Gasteiger charge is -2.04. The lowest BCUT2D eigenvalue weighted by atomic mass is 10.3. The van der Waals surface area contributed by atoms with E-state index in [0.717, 1.165) is 22.1 Å². The molecule has 3 aromatic heterocycles. The summed E-state index contributed by atoms with van der Waals surface area (Å²) in [5.74, 6) is 1.51. The highest BCUT2D eigenvalue weighted by Gasteiger charge is 2.44. The number of hydrogen-bond acceptors (Lipinski definition) is 5. The van der Waals surface area contributed by atoms with E-state index in [0.29, 0.717) is 16.9 Å². The fourth-order valence-corrected chi connectivity index (χ4v) is 4.08. The number of aryl methyl sites for hydroxylation is 1. The molecular formula is C18H14F2N4O2S. The fraction of sp³-hybridized carbons (Fsp3) is 0.222. The molecule has 0 saturated carbocycles. The number of halogens is 2. The molecule has 1 aliphatic heterocycles. The SMILES string of the molecule is CCSc1c(-c2nc3cc4c(cc3n2C)OC(F)(F)O4)nc2ccccn12. The molecule has 0 atom stereocenters. The lowest BCUT2D eigenvalue weighted by molar-refractivity contribution is -0.286. The predicted molar refractivity (Wildman–Crippen MR) is 97.5 cm³/mol. The van der Waals surface area contributed by atoms with Crippen molar-refractivity contribution < 1.29 is 18.3 Å². The van der Waals surface area contributed by atoms with Gasteiger partial charge >= 0.3 is 6.29 Å². The third kappa shape index (κ3) is 2.45. The van der Waals surface area contributed by atoms with Crippen molar-refractivity contribution >= 4 is 28.4 Å². The van der Waals surface area contributed by atoms with Gasteiger partial charge in [0, 0.05) is 25.4 Å². The van der Waals surface area contributed by atoms with Gasteiger partial charge in [-0.3, -0.25) is 4.40 Å². The molecule has 0 radical (unpaired) electrons. The van der Waals surface area contributed by atoms with Gasteiger partial charge in [0.05, 0.1) is 11.0 Å². The first kappa shape index (κ1) is 16.4. The quantitative estimate of drug-likeness (QED) is 0.489. The van der Waals surface area contributed by atoms with Crippen LogP contribution in [0, 0.1) is 0 Å². The van der Waals surface area contributed by atoms with Crippen LogP contribution in [0.2, 0.25) is 0 Å². The van der Waals surface area contributed by atoms with Gasteiger partial charge in [0.1, 0.15) is 16.4 Å². The second kappa shape index (κ2) is 5.59. The van der Waals surface area contributed by atoms with E-state index in [9.17, 15) is 8.78 Å².